The second-order valence-corrected chi connectivity index (χ2v) is 6.08. The number of hydrogen-bond donors (Lipinski definition) is 0. The summed E-state index contributed by atoms with van der Waals surface area (Å²) in [5.74, 6) is -0.171. The quantitative estimate of drug-likeness (QED) is 0.434. The van der Waals surface area contributed by atoms with Gasteiger partial charge in [0.1, 0.15) is 12.3 Å². The topological polar surface area (TPSA) is 117 Å². The molecule has 0 bridgehead atoms. The molecule has 1 amide bonds. The summed E-state index contributed by atoms with van der Waals surface area (Å²) in [7, 11) is 0. The van der Waals surface area contributed by atoms with Crippen molar-refractivity contribution >= 4 is 5.91 Å². The van der Waals surface area contributed by atoms with E-state index in [1.165, 1.54) is 18.2 Å². The molecule has 1 aliphatic rings. The molecule has 0 N–H and O–H groups in total. The molecule has 0 aliphatic carbocycles. The Hall–Kier alpha value is -3.27. The molecule has 1 aromatic heterocycles. The Balaban J connectivity index is 1.64. The zero-order chi connectivity index (χ0) is 20.1. The first-order valence-electron chi connectivity index (χ1n) is 8.34. The van der Waals surface area contributed by atoms with E-state index in [2.05, 4.69) is 24.9 Å². The molecule has 0 radical (unpaired) electrons. The smallest absolute Gasteiger partial charge is 0.406 e. The number of azide groups is 1. The minimum absolute atomic E-state index is 0.0700. The molecule has 0 unspecified atom stereocenters. The second kappa shape index (κ2) is 8.17. The lowest BCUT2D eigenvalue weighted by Crippen LogP contribution is -2.39. The van der Waals surface area contributed by atoms with Crippen molar-refractivity contribution in [1.29, 1.82) is 0 Å². The average Bonchev–Trinajstić information content (AvgIpc) is 3.15. The third-order valence-corrected chi connectivity index (χ3v) is 4.23. The van der Waals surface area contributed by atoms with Crippen LogP contribution in [0.15, 0.2) is 33.9 Å². The van der Waals surface area contributed by atoms with Crippen LogP contribution in [0.2, 0.25) is 0 Å². The Morgan fingerprint density at radius 2 is 2.14 bits per heavy atom. The van der Waals surface area contributed by atoms with Crippen molar-refractivity contribution < 1.29 is 27.2 Å². The number of carbonyl (C=O) groups is 1. The van der Waals surface area contributed by atoms with E-state index >= 15 is 0 Å². The molecule has 28 heavy (non-hydrogen) atoms. The van der Waals surface area contributed by atoms with Crippen LogP contribution < -0.4 is 4.74 Å². The number of piperidine rings is 1. The van der Waals surface area contributed by atoms with Gasteiger partial charge in [-0.15, -0.1) is 13.2 Å². The number of rotatable bonds is 5. The lowest BCUT2D eigenvalue weighted by molar-refractivity contribution is -0.274. The summed E-state index contributed by atoms with van der Waals surface area (Å²) in [6, 6.07) is 5.31. The summed E-state index contributed by atoms with van der Waals surface area (Å²) in [5.41, 5.74) is 8.60. The van der Waals surface area contributed by atoms with Gasteiger partial charge in [-0.3, -0.25) is 4.79 Å². The van der Waals surface area contributed by atoms with Gasteiger partial charge in [0.05, 0.1) is 0 Å². The summed E-state index contributed by atoms with van der Waals surface area (Å²) >= 11 is 0. The molecule has 3 rings (SSSR count). The fraction of sp³-hybridized carbons (Fsp3) is 0.438. The SMILES string of the molecule is [N-]=[N+]=NCC(=O)N1CCC(c2nc(-c3cccc(OC(F)(F)F)c3)no2)CC1. The van der Waals surface area contributed by atoms with E-state index in [-0.39, 0.29) is 29.9 Å². The highest BCUT2D eigenvalue weighted by Gasteiger charge is 2.31. The van der Waals surface area contributed by atoms with Gasteiger partial charge in [-0.25, -0.2) is 0 Å². The number of nitrogens with zero attached hydrogens (tertiary/aromatic N) is 6. The summed E-state index contributed by atoms with van der Waals surface area (Å²) in [4.78, 5) is 20.3. The normalized spacial score (nSPS) is 15.2. The zero-order valence-corrected chi connectivity index (χ0v) is 14.5. The van der Waals surface area contributed by atoms with Crippen LogP contribution in [0.5, 0.6) is 5.75 Å². The first kappa shape index (κ1) is 19.5. The third-order valence-electron chi connectivity index (χ3n) is 4.23. The first-order valence-corrected chi connectivity index (χ1v) is 8.34. The van der Waals surface area contributed by atoms with Crippen LogP contribution in [-0.2, 0) is 4.79 Å². The predicted molar refractivity (Wildman–Crippen MR) is 89.0 cm³/mol. The number of amides is 1. The van der Waals surface area contributed by atoms with E-state index in [0.717, 1.165) is 0 Å². The van der Waals surface area contributed by atoms with Gasteiger partial charge in [0.2, 0.25) is 17.6 Å². The van der Waals surface area contributed by atoms with Crippen molar-refractivity contribution in [3.63, 3.8) is 0 Å². The summed E-state index contributed by atoms with van der Waals surface area (Å²) in [6.07, 6.45) is -3.62. The maximum absolute atomic E-state index is 12.4. The van der Waals surface area contributed by atoms with Crippen molar-refractivity contribution in [2.75, 3.05) is 19.6 Å². The van der Waals surface area contributed by atoms with Crippen molar-refractivity contribution in [2.45, 2.75) is 25.1 Å². The van der Waals surface area contributed by atoms with Crippen LogP contribution in [0.25, 0.3) is 21.8 Å². The van der Waals surface area contributed by atoms with Crippen LogP contribution in [0, 0.1) is 0 Å². The highest BCUT2D eigenvalue weighted by atomic mass is 19.4. The van der Waals surface area contributed by atoms with Crippen LogP contribution in [0.1, 0.15) is 24.7 Å². The number of carbonyl (C=O) groups excluding carboxylic acids is 1. The van der Waals surface area contributed by atoms with Gasteiger partial charge < -0.3 is 14.2 Å². The molecule has 1 aliphatic heterocycles. The van der Waals surface area contributed by atoms with Gasteiger partial charge >= 0.3 is 6.36 Å². The molecular formula is C16H15F3N6O3. The van der Waals surface area contributed by atoms with Gasteiger partial charge in [0.25, 0.3) is 0 Å². The average molecular weight is 396 g/mol. The molecule has 2 heterocycles. The molecule has 0 spiro atoms. The van der Waals surface area contributed by atoms with Gasteiger partial charge in [0, 0.05) is 29.5 Å². The Morgan fingerprint density at radius 1 is 1.39 bits per heavy atom. The lowest BCUT2D eigenvalue weighted by Gasteiger charge is -2.30. The Bertz CT molecular complexity index is 886. The third kappa shape index (κ3) is 4.92. The Kier molecular flexibility index (Phi) is 5.69. The molecule has 1 fully saturated rings. The number of ether oxygens (including phenoxy) is 1. The summed E-state index contributed by atoms with van der Waals surface area (Å²) < 4.78 is 46.2. The number of aromatic nitrogens is 2. The highest BCUT2D eigenvalue weighted by Crippen LogP contribution is 2.30. The molecule has 0 atom stereocenters. The maximum Gasteiger partial charge on any atom is 0.573 e. The molecule has 1 saturated heterocycles. The number of hydrogen-bond acceptors (Lipinski definition) is 6. The highest BCUT2D eigenvalue weighted by molar-refractivity contribution is 5.78. The number of alkyl halides is 3. The van der Waals surface area contributed by atoms with Crippen molar-refractivity contribution in [3.05, 3.63) is 40.6 Å². The van der Waals surface area contributed by atoms with Gasteiger partial charge in [0.15, 0.2) is 0 Å². The molecule has 9 nitrogen and oxygen atoms in total. The van der Waals surface area contributed by atoms with E-state index in [1.807, 2.05) is 0 Å². The van der Waals surface area contributed by atoms with Crippen molar-refractivity contribution in [1.82, 2.24) is 15.0 Å². The number of halogens is 3. The largest absolute Gasteiger partial charge is 0.573 e. The van der Waals surface area contributed by atoms with Gasteiger partial charge in [-0.1, -0.05) is 22.4 Å². The number of likely N-dealkylation sites (tertiary alicyclic amines) is 1. The van der Waals surface area contributed by atoms with Gasteiger partial charge in [-0.2, -0.15) is 4.98 Å². The van der Waals surface area contributed by atoms with Gasteiger partial charge in [-0.05, 0) is 30.5 Å². The first-order chi connectivity index (χ1) is 13.4. The fourth-order valence-corrected chi connectivity index (χ4v) is 2.92. The van der Waals surface area contributed by atoms with E-state index in [0.29, 0.717) is 37.4 Å². The van der Waals surface area contributed by atoms with Crippen molar-refractivity contribution in [2.24, 2.45) is 5.11 Å². The minimum Gasteiger partial charge on any atom is -0.406 e. The Morgan fingerprint density at radius 3 is 2.82 bits per heavy atom. The summed E-state index contributed by atoms with van der Waals surface area (Å²) in [6.45, 7) is 0.691. The van der Waals surface area contributed by atoms with E-state index < -0.39 is 6.36 Å². The Labute approximate surface area is 156 Å². The minimum atomic E-state index is -4.79. The predicted octanol–water partition coefficient (Wildman–Crippen LogP) is 3.65. The van der Waals surface area contributed by atoms with Crippen LogP contribution >= 0.6 is 0 Å². The number of benzene rings is 1. The van der Waals surface area contributed by atoms with Crippen LogP contribution in [0.3, 0.4) is 0 Å². The van der Waals surface area contributed by atoms with Crippen LogP contribution in [-0.4, -0.2) is 46.9 Å². The lowest BCUT2D eigenvalue weighted by atomic mass is 9.96. The van der Waals surface area contributed by atoms with Crippen LogP contribution in [0.4, 0.5) is 13.2 Å². The molecular weight excluding hydrogens is 381 g/mol. The fourth-order valence-electron chi connectivity index (χ4n) is 2.92. The molecule has 0 saturated carbocycles. The second-order valence-electron chi connectivity index (χ2n) is 6.08. The molecule has 2 aromatic rings. The molecule has 1 aromatic carbocycles. The molecule has 148 valence electrons. The zero-order valence-electron chi connectivity index (χ0n) is 14.5. The monoisotopic (exact) mass is 396 g/mol. The maximum atomic E-state index is 12.4. The van der Waals surface area contributed by atoms with E-state index in [9.17, 15) is 18.0 Å². The van der Waals surface area contributed by atoms with E-state index in [1.54, 1.807) is 11.0 Å². The van der Waals surface area contributed by atoms with Crippen molar-refractivity contribution in [3.8, 4) is 17.1 Å². The van der Waals surface area contributed by atoms with E-state index in [4.69, 9.17) is 10.1 Å². The summed E-state index contributed by atoms with van der Waals surface area (Å²) in [5, 5.41) is 7.09. The standard InChI is InChI=1S/C16H15F3N6O3/c17-16(18,19)27-12-3-1-2-11(8-12)14-22-15(28-23-14)10-4-6-25(7-5-10)13(26)9-21-24-20/h1-3,8,10H,4-7,9H2. The molecule has 12 heteroatoms.